The predicted octanol–water partition coefficient (Wildman–Crippen LogP) is 4.98. The molecule has 3 aromatic rings. The number of pyridine rings is 1. The van der Waals surface area contributed by atoms with Gasteiger partial charge in [-0.3, -0.25) is 0 Å². The third-order valence-electron chi connectivity index (χ3n) is 3.04. The number of nitrogens with zero attached hydrogens (tertiary/aromatic N) is 1. The minimum absolute atomic E-state index is 0.804. The van der Waals surface area contributed by atoms with Gasteiger partial charge in [-0.25, -0.2) is 4.98 Å². The van der Waals surface area contributed by atoms with Gasteiger partial charge in [0.2, 0.25) is 0 Å². The fourth-order valence-electron chi connectivity index (χ4n) is 2.00. The van der Waals surface area contributed by atoms with Crippen LogP contribution < -0.4 is 5.32 Å². The summed E-state index contributed by atoms with van der Waals surface area (Å²) in [4.78, 5) is 4.50. The van der Waals surface area contributed by atoms with Crippen molar-refractivity contribution in [3.8, 4) is 0 Å². The molecule has 1 aromatic carbocycles. The number of fused-ring (bicyclic) bond motifs is 1. The van der Waals surface area contributed by atoms with Crippen molar-refractivity contribution in [3.05, 3.63) is 57.5 Å². The molecule has 0 saturated heterocycles. The topological polar surface area (TPSA) is 24.9 Å². The zero-order valence-electron chi connectivity index (χ0n) is 10.5. The highest BCUT2D eigenvalue weighted by molar-refractivity contribution is 9.10. The molecule has 3 rings (SSSR count). The highest BCUT2D eigenvalue weighted by Crippen LogP contribution is 2.26. The van der Waals surface area contributed by atoms with Crippen LogP contribution in [0.2, 0.25) is 0 Å². The summed E-state index contributed by atoms with van der Waals surface area (Å²) in [7, 11) is 0. The zero-order valence-corrected chi connectivity index (χ0v) is 12.9. The van der Waals surface area contributed by atoms with Crippen molar-refractivity contribution >= 4 is 43.2 Å². The molecule has 0 aliphatic heterocycles. The van der Waals surface area contributed by atoms with Gasteiger partial charge in [0.1, 0.15) is 5.82 Å². The second-order valence-corrected chi connectivity index (χ2v) is 6.14. The number of anilines is 1. The number of halogens is 1. The molecule has 0 aliphatic carbocycles. The molecular formula is C15H13BrN2S. The number of hydrogen-bond acceptors (Lipinski definition) is 3. The van der Waals surface area contributed by atoms with Crippen LogP contribution >= 0.6 is 27.3 Å². The molecule has 1 N–H and O–H groups in total. The molecule has 0 atom stereocenters. The van der Waals surface area contributed by atoms with Crippen molar-refractivity contribution in [1.82, 2.24) is 4.98 Å². The van der Waals surface area contributed by atoms with Gasteiger partial charge in [-0.2, -0.15) is 0 Å². The van der Waals surface area contributed by atoms with Crippen molar-refractivity contribution in [2.24, 2.45) is 0 Å². The van der Waals surface area contributed by atoms with E-state index >= 15 is 0 Å². The largest absolute Gasteiger partial charge is 0.366 e. The SMILES string of the molecule is Cc1nc(NCc2csc3ccccc23)ccc1Br. The Balaban J connectivity index is 1.80. The Kier molecular flexibility index (Phi) is 3.53. The first-order chi connectivity index (χ1) is 9.24. The minimum atomic E-state index is 0.804. The first kappa shape index (κ1) is 12.6. The van der Waals surface area contributed by atoms with Crippen molar-refractivity contribution in [2.45, 2.75) is 13.5 Å². The lowest BCUT2D eigenvalue weighted by molar-refractivity contribution is 1.10. The summed E-state index contributed by atoms with van der Waals surface area (Å²) in [5, 5.41) is 6.92. The monoisotopic (exact) mass is 332 g/mol. The maximum atomic E-state index is 4.50. The van der Waals surface area contributed by atoms with Gasteiger partial charge in [0, 0.05) is 15.7 Å². The molecule has 96 valence electrons. The number of benzene rings is 1. The number of nitrogens with one attached hydrogen (secondary N) is 1. The maximum absolute atomic E-state index is 4.50. The van der Waals surface area contributed by atoms with E-state index in [1.807, 2.05) is 19.1 Å². The molecule has 19 heavy (non-hydrogen) atoms. The molecule has 4 heteroatoms. The number of rotatable bonds is 3. The van der Waals surface area contributed by atoms with Crippen molar-refractivity contribution in [2.75, 3.05) is 5.32 Å². The average Bonchev–Trinajstić information content (AvgIpc) is 2.83. The Morgan fingerprint density at radius 3 is 2.89 bits per heavy atom. The molecule has 2 aromatic heterocycles. The van der Waals surface area contributed by atoms with E-state index in [0.717, 1.165) is 22.5 Å². The Bertz CT molecular complexity index is 721. The number of aryl methyl sites for hydroxylation is 1. The molecule has 0 saturated carbocycles. The molecule has 0 amide bonds. The second kappa shape index (κ2) is 5.31. The third kappa shape index (κ3) is 2.65. The molecule has 0 spiro atoms. The maximum Gasteiger partial charge on any atom is 0.126 e. The highest BCUT2D eigenvalue weighted by Gasteiger charge is 2.04. The van der Waals surface area contributed by atoms with Gasteiger partial charge in [0.05, 0.1) is 5.69 Å². The van der Waals surface area contributed by atoms with E-state index in [4.69, 9.17) is 0 Å². The van der Waals surface area contributed by atoms with Gasteiger partial charge in [0.25, 0.3) is 0 Å². The molecule has 2 nitrogen and oxygen atoms in total. The van der Waals surface area contributed by atoms with Gasteiger partial charge in [0.15, 0.2) is 0 Å². The first-order valence-corrected chi connectivity index (χ1v) is 7.73. The summed E-state index contributed by atoms with van der Waals surface area (Å²) in [6.07, 6.45) is 0. The fourth-order valence-corrected chi connectivity index (χ4v) is 3.18. The van der Waals surface area contributed by atoms with Crippen LogP contribution in [0.3, 0.4) is 0 Å². The van der Waals surface area contributed by atoms with Crippen LogP contribution in [0, 0.1) is 6.92 Å². The Labute approximate surface area is 124 Å². The van der Waals surface area contributed by atoms with E-state index in [1.165, 1.54) is 15.6 Å². The second-order valence-electron chi connectivity index (χ2n) is 4.37. The lowest BCUT2D eigenvalue weighted by Gasteiger charge is -2.06. The van der Waals surface area contributed by atoms with E-state index in [1.54, 1.807) is 11.3 Å². The molecule has 0 aliphatic rings. The highest BCUT2D eigenvalue weighted by atomic mass is 79.9. The number of hydrogen-bond donors (Lipinski definition) is 1. The Morgan fingerprint density at radius 1 is 1.21 bits per heavy atom. The smallest absolute Gasteiger partial charge is 0.126 e. The summed E-state index contributed by atoms with van der Waals surface area (Å²) in [5.41, 5.74) is 2.32. The molecule has 0 fully saturated rings. The lowest BCUT2D eigenvalue weighted by Crippen LogP contribution is -2.01. The van der Waals surface area contributed by atoms with Crippen LogP contribution in [-0.4, -0.2) is 4.98 Å². The minimum Gasteiger partial charge on any atom is -0.366 e. The Morgan fingerprint density at radius 2 is 2.05 bits per heavy atom. The quantitative estimate of drug-likeness (QED) is 0.731. The summed E-state index contributed by atoms with van der Waals surface area (Å²) in [5.74, 6) is 0.913. The van der Waals surface area contributed by atoms with E-state index in [0.29, 0.717) is 0 Å². The normalized spacial score (nSPS) is 10.8. The molecule has 2 heterocycles. The summed E-state index contributed by atoms with van der Waals surface area (Å²) < 4.78 is 2.37. The van der Waals surface area contributed by atoms with Gasteiger partial charge in [-0.1, -0.05) is 18.2 Å². The van der Waals surface area contributed by atoms with Crippen LogP contribution in [0.15, 0.2) is 46.3 Å². The van der Waals surface area contributed by atoms with Gasteiger partial charge >= 0.3 is 0 Å². The molecule has 0 radical (unpaired) electrons. The van der Waals surface area contributed by atoms with Crippen LogP contribution in [0.25, 0.3) is 10.1 Å². The fraction of sp³-hybridized carbons (Fsp3) is 0.133. The van der Waals surface area contributed by atoms with Crippen molar-refractivity contribution in [1.29, 1.82) is 0 Å². The number of aromatic nitrogens is 1. The molecule has 0 unspecified atom stereocenters. The molecular weight excluding hydrogens is 320 g/mol. The van der Waals surface area contributed by atoms with Crippen LogP contribution in [0.4, 0.5) is 5.82 Å². The van der Waals surface area contributed by atoms with E-state index < -0.39 is 0 Å². The molecule has 0 bridgehead atoms. The third-order valence-corrected chi connectivity index (χ3v) is 4.89. The van der Waals surface area contributed by atoms with Crippen LogP contribution in [-0.2, 0) is 6.54 Å². The van der Waals surface area contributed by atoms with Gasteiger partial charge in [-0.15, -0.1) is 11.3 Å². The zero-order chi connectivity index (χ0) is 13.2. The van der Waals surface area contributed by atoms with Crippen LogP contribution in [0.1, 0.15) is 11.3 Å². The van der Waals surface area contributed by atoms with Gasteiger partial charge in [-0.05, 0) is 57.4 Å². The van der Waals surface area contributed by atoms with Crippen molar-refractivity contribution in [3.63, 3.8) is 0 Å². The summed E-state index contributed by atoms with van der Waals surface area (Å²) in [6.45, 7) is 2.80. The van der Waals surface area contributed by atoms with E-state index in [9.17, 15) is 0 Å². The average molecular weight is 333 g/mol. The summed E-state index contributed by atoms with van der Waals surface area (Å²) >= 11 is 5.25. The first-order valence-electron chi connectivity index (χ1n) is 6.06. The van der Waals surface area contributed by atoms with Crippen molar-refractivity contribution < 1.29 is 0 Å². The van der Waals surface area contributed by atoms with Crippen LogP contribution in [0.5, 0.6) is 0 Å². The van der Waals surface area contributed by atoms with E-state index in [2.05, 4.69) is 55.9 Å². The number of thiophene rings is 1. The van der Waals surface area contributed by atoms with E-state index in [-0.39, 0.29) is 0 Å². The Hall–Kier alpha value is -1.39. The standard InChI is InChI=1S/C15H13BrN2S/c1-10-13(16)6-7-15(18-10)17-8-11-9-19-14-5-3-2-4-12(11)14/h2-7,9H,8H2,1H3,(H,17,18). The predicted molar refractivity (Wildman–Crippen MR) is 85.8 cm³/mol. The summed E-state index contributed by atoms with van der Waals surface area (Å²) in [6, 6.07) is 12.5. The lowest BCUT2D eigenvalue weighted by atomic mass is 10.2. The van der Waals surface area contributed by atoms with Gasteiger partial charge < -0.3 is 5.32 Å².